The van der Waals surface area contributed by atoms with E-state index in [1.54, 1.807) is 0 Å². The van der Waals surface area contributed by atoms with E-state index in [4.69, 9.17) is 37.0 Å². The Labute approximate surface area is 626 Å². The molecule has 0 saturated heterocycles. The van der Waals surface area contributed by atoms with Gasteiger partial charge in [-0.15, -0.1) is 0 Å². The normalized spacial score (nSPS) is 14.3. The largest absolute Gasteiger partial charge is 0.472 e. The fourth-order valence-corrected chi connectivity index (χ4v) is 14.3. The summed E-state index contributed by atoms with van der Waals surface area (Å²) >= 11 is 0. The fraction of sp³-hybridized carbons (Fsp3) is 0.952. The SMILES string of the molecule is CCC(C)CCCCCCCCCCCCCCCCC(=O)O[C@H](COC(=O)CCCCCCCCCCCCC(C)C)COP(=O)(O)OCC(O)COP(=O)(O)OC[C@@H](COC(=O)CCCCCCCCCC(C)C)OC(=O)CCCCCCCCCCCCCCCCCCCCC(C)C. The van der Waals surface area contributed by atoms with E-state index in [0.717, 1.165) is 114 Å². The first-order valence-electron chi connectivity index (χ1n) is 42.7. The Morgan fingerprint density at radius 2 is 0.471 bits per heavy atom. The molecule has 0 rings (SSSR count). The van der Waals surface area contributed by atoms with E-state index in [1.807, 2.05) is 0 Å². The Morgan fingerprint density at radius 3 is 0.696 bits per heavy atom. The molecule has 0 fully saturated rings. The highest BCUT2D eigenvalue weighted by molar-refractivity contribution is 7.47. The van der Waals surface area contributed by atoms with Crippen molar-refractivity contribution < 1.29 is 80.2 Å². The van der Waals surface area contributed by atoms with E-state index in [2.05, 4.69) is 55.4 Å². The van der Waals surface area contributed by atoms with Crippen molar-refractivity contribution in [2.45, 2.75) is 446 Å². The number of ether oxygens (including phenoxy) is 4. The predicted octanol–water partition coefficient (Wildman–Crippen LogP) is 24.8. The van der Waals surface area contributed by atoms with Crippen molar-refractivity contribution in [2.24, 2.45) is 23.7 Å². The zero-order valence-electron chi connectivity index (χ0n) is 67.2. The number of hydrogen-bond acceptors (Lipinski definition) is 15. The van der Waals surface area contributed by atoms with Crippen LogP contribution in [0.4, 0.5) is 0 Å². The molecule has 0 aliphatic heterocycles. The molecule has 17 nitrogen and oxygen atoms in total. The first-order chi connectivity index (χ1) is 49.1. The van der Waals surface area contributed by atoms with Gasteiger partial charge in [-0.2, -0.15) is 0 Å². The van der Waals surface area contributed by atoms with Crippen LogP contribution in [0.1, 0.15) is 428 Å². The van der Waals surface area contributed by atoms with Gasteiger partial charge in [-0.1, -0.05) is 376 Å². The summed E-state index contributed by atoms with van der Waals surface area (Å²) in [6, 6.07) is 0. The minimum Gasteiger partial charge on any atom is -0.462 e. The average molecular weight is 1490 g/mol. The number of aliphatic hydroxyl groups is 1. The maximum Gasteiger partial charge on any atom is 0.472 e. The number of carbonyl (C=O) groups is 4. The first kappa shape index (κ1) is 100. The number of esters is 4. The van der Waals surface area contributed by atoms with Crippen LogP contribution in [0.5, 0.6) is 0 Å². The molecule has 0 aliphatic rings. The molecule has 0 radical (unpaired) electrons. The minimum absolute atomic E-state index is 0.107. The standard InChI is InChI=1S/C83H162O17P2/c1-9-76(8)62-54-46-38-30-23-19-16-17-21-25-33-41-50-58-66-82(87)99-78(69-93-80(85)63-55-47-39-31-27-26-29-36-44-52-60-74(4)5)71-97-101(89,90)95-67-77(84)68-96-102(91,92)98-72-79(70-94-81(86)64-56-48-42-34-37-45-53-61-75(6)7)100-83(88)65-57-49-40-32-24-20-15-13-11-10-12-14-18-22-28-35-43-51-59-73(2)3/h73-79,84H,9-72H2,1-8H3,(H,89,90)(H,91,92)/t76?,77?,78-,79-/m1/s1. The fourth-order valence-electron chi connectivity index (χ4n) is 12.8. The average Bonchev–Trinajstić information content (AvgIpc) is 0.951. The van der Waals surface area contributed by atoms with Crippen LogP contribution < -0.4 is 0 Å². The second kappa shape index (κ2) is 72.0. The topological polar surface area (TPSA) is 237 Å². The minimum atomic E-state index is -4.96. The maximum absolute atomic E-state index is 13.1. The predicted molar refractivity (Wildman–Crippen MR) is 418 cm³/mol. The van der Waals surface area contributed by atoms with Crippen molar-refractivity contribution in [1.82, 2.24) is 0 Å². The van der Waals surface area contributed by atoms with Crippen LogP contribution in [0.3, 0.4) is 0 Å². The van der Waals surface area contributed by atoms with Gasteiger partial charge in [0.05, 0.1) is 26.4 Å². The van der Waals surface area contributed by atoms with Crippen molar-refractivity contribution >= 4 is 39.5 Å². The molecule has 0 aliphatic carbocycles. The van der Waals surface area contributed by atoms with E-state index in [1.165, 1.54) is 225 Å². The molecule has 4 unspecified atom stereocenters. The molecule has 0 bridgehead atoms. The van der Waals surface area contributed by atoms with Crippen molar-refractivity contribution in [3.63, 3.8) is 0 Å². The Morgan fingerprint density at radius 1 is 0.275 bits per heavy atom. The Bertz CT molecular complexity index is 1990. The molecule has 19 heteroatoms. The highest BCUT2D eigenvalue weighted by Gasteiger charge is 2.30. The molecule has 0 amide bonds. The van der Waals surface area contributed by atoms with Crippen molar-refractivity contribution in [1.29, 1.82) is 0 Å². The van der Waals surface area contributed by atoms with Crippen LogP contribution in [0, 0.1) is 23.7 Å². The number of carbonyl (C=O) groups excluding carboxylic acids is 4. The molecule has 0 aromatic heterocycles. The van der Waals surface area contributed by atoms with Crippen LogP contribution in [0.2, 0.25) is 0 Å². The van der Waals surface area contributed by atoms with Gasteiger partial charge in [-0.05, 0) is 49.4 Å². The molecule has 6 atom stereocenters. The highest BCUT2D eigenvalue weighted by Crippen LogP contribution is 2.45. The third-order valence-corrected chi connectivity index (χ3v) is 21.6. The third kappa shape index (κ3) is 74.9. The van der Waals surface area contributed by atoms with Crippen molar-refractivity contribution in [2.75, 3.05) is 39.6 Å². The molecular formula is C83H162O17P2. The molecule has 3 N–H and O–H groups in total. The Kier molecular flexibility index (Phi) is 70.6. The second-order valence-electron chi connectivity index (χ2n) is 31.5. The van der Waals surface area contributed by atoms with Crippen LogP contribution in [-0.4, -0.2) is 96.7 Å². The summed E-state index contributed by atoms with van der Waals surface area (Å²) in [6.07, 6.45) is 59.8. The summed E-state index contributed by atoms with van der Waals surface area (Å²) in [5.41, 5.74) is 0. The number of phosphoric ester groups is 2. The van der Waals surface area contributed by atoms with Gasteiger partial charge in [0.25, 0.3) is 0 Å². The number of rotatable bonds is 80. The summed E-state index contributed by atoms with van der Waals surface area (Å²) in [5.74, 6) is 1.02. The van der Waals surface area contributed by atoms with Crippen LogP contribution in [0.15, 0.2) is 0 Å². The van der Waals surface area contributed by atoms with Gasteiger partial charge in [0.15, 0.2) is 12.2 Å². The zero-order valence-corrected chi connectivity index (χ0v) is 69.0. The van der Waals surface area contributed by atoms with Gasteiger partial charge in [-0.3, -0.25) is 37.3 Å². The number of hydrogen-bond donors (Lipinski definition) is 3. The third-order valence-electron chi connectivity index (χ3n) is 19.7. The van der Waals surface area contributed by atoms with Gasteiger partial charge in [0.2, 0.25) is 0 Å². The summed E-state index contributed by atoms with van der Waals surface area (Å²) in [6.45, 7) is 14.3. The van der Waals surface area contributed by atoms with Gasteiger partial charge in [0, 0.05) is 25.7 Å². The second-order valence-corrected chi connectivity index (χ2v) is 34.4. The van der Waals surface area contributed by atoms with Crippen LogP contribution in [-0.2, 0) is 65.4 Å². The van der Waals surface area contributed by atoms with Gasteiger partial charge >= 0.3 is 39.5 Å². The van der Waals surface area contributed by atoms with E-state index < -0.39 is 97.5 Å². The summed E-state index contributed by atoms with van der Waals surface area (Å²) in [7, 11) is -9.92. The van der Waals surface area contributed by atoms with Gasteiger partial charge in [0.1, 0.15) is 19.3 Å². The maximum atomic E-state index is 13.1. The molecular weight excluding hydrogens is 1330 g/mol. The number of aliphatic hydroxyl groups excluding tert-OH is 1. The van der Waals surface area contributed by atoms with Gasteiger partial charge in [-0.25, -0.2) is 9.13 Å². The molecule has 0 aromatic rings. The lowest BCUT2D eigenvalue weighted by Gasteiger charge is -2.21. The highest BCUT2D eigenvalue weighted by atomic mass is 31.2. The van der Waals surface area contributed by atoms with E-state index in [9.17, 15) is 43.2 Å². The number of phosphoric acid groups is 2. The molecule has 0 spiro atoms. The van der Waals surface area contributed by atoms with Crippen molar-refractivity contribution in [3.05, 3.63) is 0 Å². The van der Waals surface area contributed by atoms with Gasteiger partial charge < -0.3 is 33.8 Å². The number of unbranched alkanes of at least 4 members (excludes halogenated alkanes) is 45. The molecule has 0 aromatic carbocycles. The first-order valence-corrected chi connectivity index (χ1v) is 45.7. The molecule has 606 valence electrons. The Hall–Kier alpha value is -1.94. The molecule has 0 saturated carbocycles. The monoisotopic (exact) mass is 1490 g/mol. The summed E-state index contributed by atoms with van der Waals surface area (Å²) in [4.78, 5) is 73.1. The molecule has 0 heterocycles. The van der Waals surface area contributed by atoms with E-state index in [-0.39, 0.29) is 25.7 Å². The zero-order chi connectivity index (χ0) is 75.3. The molecule has 102 heavy (non-hydrogen) atoms. The quantitative estimate of drug-likeness (QED) is 0.0222. The van der Waals surface area contributed by atoms with Crippen LogP contribution in [0.25, 0.3) is 0 Å². The lowest BCUT2D eigenvalue weighted by Crippen LogP contribution is -2.30. The van der Waals surface area contributed by atoms with Crippen molar-refractivity contribution in [3.8, 4) is 0 Å². The van der Waals surface area contributed by atoms with E-state index in [0.29, 0.717) is 31.6 Å². The smallest absolute Gasteiger partial charge is 0.462 e. The summed E-state index contributed by atoms with van der Waals surface area (Å²) < 4.78 is 68.8. The van der Waals surface area contributed by atoms with Crippen LogP contribution >= 0.6 is 15.6 Å². The lowest BCUT2D eigenvalue weighted by molar-refractivity contribution is -0.161. The lowest BCUT2D eigenvalue weighted by atomic mass is 9.99. The Balaban J connectivity index is 5.20. The van der Waals surface area contributed by atoms with E-state index >= 15 is 0 Å². The summed E-state index contributed by atoms with van der Waals surface area (Å²) in [5, 5.41) is 10.7.